The Kier molecular flexibility index (Phi) is 7.99. The number of nitrogens with one attached hydrogen (secondary N) is 3. The first-order chi connectivity index (χ1) is 11.2. The highest BCUT2D eigenvalue weighted by atomic mass is 127. The van der Waals surface area contributed by atoms with Gasteiger partial charge >= 0.3 is 0 Å². The molecule has 7 heteroatoms. The summed E-state index contributed by atoms with van der Waals surface area (Å²) in [6.07, 6.45) is 2.28. The summed E-state index contributed by atoms with van der Waals surface area (Å²) in [5, 5.41) is 10.1. The molecule has 2 rings (SSSR count). The predicted molar refractivity (Wildman–Crippen MR) is 115 cm³/mol. The summed E-state index contributed by atoms with van der Waals surface area (Å²) < 4.78 is 0. The monoisotopic (exact) mass is 478 g/mol. The first kappa shape index (κ1) is 22.0. The number of guanidine groups is 1. The average molecular weight is 479 g/mol. The van der Waals surface area contributed by atoms with Crippen LogP contribution in [0.15, 0.2) is 29.3 Å². The van der Waals surface area contributed by atoms with E-state index in [1.807, 2.05) is 32.9 Å². The van der Waals surface area contributed by atoms with Crippen LogP contribution in [0.2, 0.25) is 5.02 Å². The quantitative estimate of drug-likeness (QED) is 0.346. The Morgan fingerprint density at radius 1 is 1.20 bits per heavy atom. The third kappa shape index (κ3) is 7.01. The van der Waals surface area contributed by atoms with E-state index in [9.17, 15) is 4.79 Å². The van der Waals surface area contributed by atoms with Crippen molar-refractivity contribution in [2.24, 2.45) is 4.99 Å². The van der Waals surface area contributed by atoms with E-state index in [4.69, 9.17) is 11.6 Å². The molecule has 1 saturated carbocycles. The van der Waals surface area contributed by atoms with Gasteiger partial charge in [-0.05, 0) is 51.3 Å². The van der Waals surface area contributed by atoms with Crippen LogP contribution in [-0.4, -0.2) is 37.5 Å². The minimum absolute atomic E-state index is 0. The number of halogens is 2. The summed E-state index contributed by atoms with van der Waals surface area (Å²) in [7, 11) is 1.71. The van der Waals surface area contributed by atoms with Gasteiger partial charge in [-0.15, -0.1) is 24.0 Å². The molecule has 5 nitrogen and oxygen atoms in total. The van der Waals surface area contributed by atoms with E-state index in [1.165, 1.54) is 5.56 Å². The molecular formula is C18H28ClIN4O. The number of rotatable bonds is 5. The van der Waals surface area contributed by atoms with E-state index < -0.39 is 0 Å². The molecule has 0 unspecified atom stereocenters. The fourth-order valence-corrected chi connectivity index (χ4v) is 2.75. The van der Waals surface area contributed by atoms with Crippen molar-refractivity contribution in [2.45, 2.75) is 44.6 Å². The fourth-order valence-electron chi connectivity index (χ4n) is 2.62. The number of hydrogen-bond acceptors (Lipinski definition) is 2. The van der Waals surface area contributed by atoms with E-state index in [1.54, 1.807) is 7.05 Å². The summed E-state index contributed by atoms with van der Waals surface area (Å²) in [6, 6.07) is 8.04. The van der Waals surface area contributed by atoms with Crippen molar-refractivity contribution in [1.29, 1.82) is 0 Å². The van der Waals surface area contributed by atoms with Crippen LogP contribution < -0.4 is 16.0 Å². The summed E-state index contributed by atoms with van der Waals surface area (Å²) in [5.41, 5.74) is 1.21. The van der Waals surface area contributed by atoms with E-state index in [-0.39, 0.29) is 47.4 Å². The van der Waals surface area contributed by atoms with Crippen LogP contribution in [-0.2, 0) is 10.2 Å². The Hall–Kier alpha value is -1.02. The van der Waals surface area contributed by atoms with Crippen LogP contribution in [0.25, 0.3) is 0 Å². The van der Waals surface area contributed by atoms with Crippen LogP contribution in [0.5, 0.6) is 0 Å². The summed E-state index contributed by atoms with van der Waals surface area (Å²) in [6.45, 7) is 6.86. The Morgan fingerprint density at radius 3 is 2.28 bits per heavy atom. The SMILES string of the molecule is CN=C(NCC(=O)NC(C)(C)C)NCC1(c2ccc(Cl)cc2)CC1.I. The molecule has 0 saturated heterocycles. The zero-order valence-electron chi connectivity index (χ0n) is 15.3. The molecule has 0 bridgehead atoms. The molecule has 25 heavy (non-hydrogen) atoms. The predicted octanol–water partition coefficient (Wildman–Crippen LogP) is 3.07. The second-order valence-corrected chi connectivity index (χ2v) is 7.80. The van der Waals surface area contributed by atoms with Crippen molar-refractivity contribution in [3.63, 3.8) is 0 Å². The van der Waals surface area contributed by atoms with Crippen molar-refractivity contribution >= 4 is 47.4 Å². The molecular weight excluding hydrogens is 451 g/mol. The van der Waals surface area contributed by atoms with Crippen LogP contribution in [0.4, 0.5) is 0 Å². The molecule has 1 aromatic carbocycles. The molecule has 140 valence electrons. The van der Waals surface area contributed by atoms with Gasteiger partial charge in [-0.2, -0.15) is 0 Å². The van der Waals surface area contributed by atoms with Crippen LogP contribution in [0.3, 0.4) is 0 Å². The number of nitrogens with zero attached hydrogens (tertiary/aromatic N) is 1. The number of carbonyl (C=O) groups excluding carboxylic acids is 1. The lowest BCUT2D eigenvalue weighted by Crippen LogP contribution is -2.49. The third-order valence-corrected chi connectivity index (χ3v) is 4.31. The molecule has 0 heterocycles. The minimum Gasteiger partial charge on any atom is -0.356 e. The number of hydrogen-bond donors (Lipinski definition) is 3. The van der Waals surface area contributed by atoms with E-state index >= 15 is 0 Å². The van der Waals surface area contributed by atoms with Gasteiger partial charge in [0, 0.05) is 29.6 Å². The molecule has 0 radical (unpaired) electrons. The molecule has 0 aliphatic heterocycles. The smallest absolute Gasteiger partial charge is 0.239 e. The van der Waals surface area contributed by atoms with Crippen LogP contribution in [0, 0.1) is 0 Å². The molecule has 1 aliphatic carbocycles. The lowest BCUT2D eigenvalue weighted by atomic mass is 9.96. The van der Waals surface area contributed by atoms with E-state index in [0.717, 1.165) is 24.4 Å². The number of amides is 1. The third-order valence-electron chi connectivity index (χ3n) is 4.06. The molecule has 3 N–H and O–H groups in total. The molecule has 0 spiro atoms. The zero-order valence-corrected chi connectivity index (χ0v) is 18.4. The highest BCUT2D eigenvalue weighted by Crippen LogP contribution is 2.47. The highest BCUT2D eigenvalue weighted by molar-refractivity contribution is 14.0. The summed E-state index contributed by atoms with van der Waals surface area (Å²) in [4.78, 5) is 16.1. The highest BCUT2D eigenvalue weighted by Gasteiger charge is 2.44. The van der Waals surface area contributed by atoms with Gasteiger partial charge in [0.2, 0.25) is 5.91 Å². The topological polar surface area (TPSA) is 65.5 Å². The lowest BCUT2D eigenvalue weighted by Gasteiger charge is -2.22. The maximum Gasteiger partial charge on any atom is 0.239 e. The van der Waals surface area contributed by atoms with Crippen molar-refractivity contribution < 1.29 is 4.79 Å². The molecule has 0 atom stereocenters. The van der Waals surface area contributed by atoms with Crippen molar-refractivity contribution in [2.75, 3.05) is 20.1 Å². The average Bonchev–Trinajstić information content (AvgIpc) is 3.27. The maximum absolute atomic E-state index is 11.9. The zero-order chi connectivity index (χ0) is 17.8. The fraction of sp³-hybridized carbons (Fsp3) is 0.556. The van der Waals surface area contributed by atoms with Gasteiger partial charge in [0.1, 0.15) is 0 Å². The largest absolute Gasteiger partial charge is 0.356 e. The number of carbonyl (C=O) groups is 1. The maximum atomic E-state index is 11.9. The van der Waals surface area contributed by atoms with Crippen molar-refractivity contribution in [1.82, 2.24) is 16.0 Å². The van der Waals surface area contributed by atoms with Gasteiger partial charge in [0.05, 0.1) is 6.54 Å². The number of aliphatic imine (C=N–C) groups is 1. The molecule has 0 aromatic heterocycles. The molecule has 1 amide bonds. The first-order valence-corrected chi connectivity index (χ1v) is 8.63. The van der Waals surface area contributed by atoms with Gasteiger partial charge in [-0.25, -0.2) is 0 Å². The van der Waals surface area contributed by atoms with Crippen LogP contribution >= 0.6 is 35.6 Å². The Bertz CT molecular complexity index is 606. The Morgan fingerprint density at radius 2 is 1.80 bits per heavy atom. The normalized spacial score (nSPS) is 15.8. The minimum atomic E-state index is -0.234. The molecule has 1 aromatic rings. The first-order valence-electron chi connectivity index (χ1n) is 8.26. The summed E-state index contributed by atoms with van der Waals surface area (Å²) >= 11 is 5.97. The summed E-state index contributed by atoms with van der Waals surface area (Å²) in [5.74, 6) is 0.587. The van der Waals surface area contributed by atoms with Crippen molar-refractivity contribution in [3.05, 3.63) is 34.9 Å². The van der Waals surface area contributed by atoms with Crippen LogP contribution in [0.1, 0.15) is 39.2 Å². The van der Waals surface area contributed by atoms with Gasteiger partial charge in [-0.3, -0.25) is 9.79 Å². The van der Waals surface area contributed by atoms with Gasteiger partial charge in [0.15, 0.2) is 5.96 Å². The van der Waals surface area contributed by atoms with Gasteiger partial charge in [0.25, 0.3) is 0 Å². The molecule has 1 fully saturated rings. The second-order valence-electron chi connectivity index (χ2n) is 7.36. The second kappa shape index (κ2) is 9.07. The van der Waals surface area contributed by atoms with Crippen molar-refractivity contribution in [3.8, 4) is 0 Å². The molecule has 1 aliphatic rings. The van der Waals surface area contributed by atoms with E-state index in [0.29, 0.717) is 5.96 Å². The standard InChI is InChI=1S/C18H27ClN4O.HI/c1-17(2,3)23-15(24)11-21-16(20-4)22-12-18(9-10-18)13-5-7-14(19)8-6-13;/h5-8H,9-12H2,1-4H3,(H,23,24)(H2,20,21,22);1H. The Labute approximate surface area is 172 Å². The lowest BCUT2D eigenvalue weighted by molar-refractivity contribution is -0.121. The number of benzene rings is 1. The Balaban J connectivity index is 0.00000312. The van der Waals surface area contributed by atoms with E-state index in [2.05, 4.69) is 33.1 Å². The van der Waals surface area contributed by atoms with Gasteiger partial charge < -0.3 is 16.0 Å². The van der Waals surface area contributed by atoms with Gasteiger partial charge in [-0.1, -0.05) is 23.7 Å².